The van der Waals surface area contributed by atoms with Crippen LogP contribution in [-0.4, -0.2) is 66.4 Å². The molecule has 0 radical (unpaired) electrons. The number of carboxylic acid groups (broad SMARTS) is 1. The molecule has 0 aliphatic carbocycles. The van der Waals surface area contributed by atoms with Gasteiger partial charge in [0.05, 0.1) is 5.52 Å². The van der Waals surface area contributed by atoms with Crippen LogP contribution in [0.2, 0.25) is 0 Å². The van der Waals surface area contributed by atoms with E-state index in [0.717, 1.165) is 10.9 Å². The standard InChI is InChI=1S/C16H19N3O4S/c1-11-8-12-4-3-5-17-15(12)14(9-11)24(22,23)19-7-6-18(2)13(10-19)16(20)21/h3-5,8-9,13H,6-7,10H2,1-2H3,(H,20,21). The van der Waals surface area contributed by atoms with Crippen molar-refractivity contribution in [3.05, 3.63) is 36.0 Å². The summed E-state index contributed by atoms with van der Waals surface area (Å²) in [7, 11) is -2.13. The van der Waals surface area contributed by atoms with Crippen molar-refractivity contribution in [3.8, 4) is 0 Å². The van der Waals surface area contributed by atoms with Gasteiger partial charge in [-0.3, -0.25) is 14.7 Å². The van der Waals surface area contributed by atoms with Gasteiger partial charge in [0.1, 0.15) is 10.9 Å². The third-order valence-corrected chi connectivity index (χ3v) is 6.21. The van der Waals surface area contributed by atoms with Gasteiger partial charge in [0, 0.05) is 31.2 Å². The fraction of sp³-hybridized carbons (Fsp3) is 0.375. The van der Waals surface area contributed by atoms with E-state index in [9.17, 15) is 18.3 Å². The fourth-order valence-corrected chi connectivity index (χ4v) is 4.66. The number of pyridine rings is 1. The fourth-order valence-electron chi connectivity index (χ4n) is 2.97. The Kier molecular flexibility index (Phi) is 4.29. The number of hydrogen-bond donors (Lipinski definition) is 1. The summed E-state index contributed by atoms with van der Waals surface area (Å²) in [5, 5.41) is 10.1. The summed E-state index contributed by atoms with van der Waals surface area (Å²) in [6.45, 7) is 2.38. The van der Waals surface area contributed by atoms with E-state index in [1.54, 1.807) is 30.3 Å². The normalized spacial score (nSPS) is 20.3. The van der Waals surface area contributed by atoms with Crippen LogP contribution in [0.25, 0.3) is 10.9 Å². The lowest BCUT2D eigenvalue weighted by atomic mass is 10.1. The molecule has 0 bridgehead atoms. The Balaban J connectivity index is 2.07. The van der Waals surface area contributed by atoms with Gasteiger partial charge in [-0.05, 0) is 37.7 Å². The Bertz CT molecular complexity index is 897. The highest BCUT2D eigenvalue weighted by Gasteiger charge is 2.37. The molecule has 0 spiro atoms. The first-order valence-corrected chi connectivity index (χ1v) is 9.03. The SMILES string of the molecule is Cc1cc(S(=O)(=O)N2CCN(C)C(C(=O)O)C2)c2ncccc2c1. The number of carbonyl (C=O) groups is 1. The second-order valence-electron chi connectivity index (χ2n) is 6.04. The molecule has 1 N–H and O–H groups in total. The summed E-state index contributed by atoms with van der Waals surface area (Å²) < 4.78 is 27.5. The van der Waals surface area contributed by atoms with E-state index < -0.39 is 22.0 Å². The minimum Gasteiger partial charge on any atom is -0.480 e. The van der Waals surface area contributed by atoms with Crippen LogP contribution in [0.15, 0.2) is 35.4 Å². The number of nitrogens with zero attached hydrogens (tertiary/aromatic N) is 3. The average Bonchev–Trinajstić information content (AvgIpc) is 2.53. The van der Waals surface area contributed by atoms with Crippen molar-refractivity contribution in [2.75, 3.05) is 26.7 Å². The van der Waals surface area contributed by atoms with Crippen LogP contribution in [0.4, 0.5) is 0 Å². The second-order valence-corrected chi connectivity index (χ2v) is 7.94. The summed E-state index contributed by atoms with van der Waals surface area (Å²) in [5.74, 6) is -1.02. The largest absolute Gasteiger partial charge is 0.480 e. The zero-order chi connectivity index (χ0) is 17.5. The number of sulfonamides is 1. The molecular formula is C16H19N3O4S. The number of likely N-dealkylation sites (N-methyl/N-ethyl adjacent to an activating group) is 1. The van der Waals surface area contributed by atoms with E-state index in [4.69, 9.17) is 0 Å². The van der Waals surface area contributed by atoms with E-state index in [2.05, 4.69) is 4.98 Å². The summed E-state index contributed by atoms with van der Waals surface area (Å²) >= 11 is 0. The smallest absolute Gasteiger partial charge is 0.322 e. The Labute approximate surface area is 140 Å². The number of fused-ring (bicyclic) bond motifs is 1. The van der Waals surface area contributed by atoms with E-state index in [1.807, 2.05) is 19.1 Å². The van der Waals surface area contributed by atoms with Crippen molar-refractivity contribution >= 4 is 26.9 Å². The molecule has 2 heterocycles. The molecule has 1 aromatic heterocycles. The van der Waals surface area contributed by atoms with Gasteiger partial charge in [-0.1, -0.05) is 6.07 Å². The molecule has 24 heavy (non-hydrogen) atoms. The molecule has 1 fully saturated rings. The molecule has 0 amide bonds. The van der Waals surface area contributed by atoms with Crippen LogP contribution < -0.4 is 0 Å². The zero-order valence-electron chi connectivity index (χ0n) is 13.5. The first kappa shape index (κ1) is 16.8. The first-order chi connectivity index (χ1) is 11.3. The highest BCUT2D eigenvalue weighted by Crippen LogP contribution is 2.27. The number of aromatic nitrogens is 1. The molecule has 8 heteroatoms. The van der Waals surface area contributed by atoms with Crippen LogP contribution in [0.1, 0.15) is 5.56 Å². The maximum atomic E-state index is 13.1. The molecular weight excluding hydrogens is 330 g/mol. The molecule has 0 saturated carbocycles. The van der Waals surface area contributed by atoms with E-state index >= 15 is 0 Å². The van der Waals surface area contributed by atoms with Gasteiger partial charge in [-0.25, -0.2) is 8.42 Å². The predicted octanol–water partition coefficient (Wildman–Crippen LogP) is 0.933. The van der Waals surface area contributed by atoms with Crippen molar-refractivity contribution < 1.29 is 18.3 Å². The number of piperazine rings is 1. The third kappa shape index (κ3) is 2.88. The van der Waals surface area contributed by atoms with Gasteiger partial charge in [-0.2, -0.15) is 4.31 Å². The van der Waals surface area contributed by atoms with Gasteiger partial charge in [0.15, 0.2) is 0 Å². The molecule has 1 saturated heterocycles. The molecule has 7 nitrogen and oxygen atoms in total. The molecule has 1 atom stereocenters. The molecule has 2 aromatic rings. The lowest BCUT2D eigenvalue weighted by molar-refractivity contribution is -0.144. The highest BCUT2D eigenvalue weighted by atomic mass is 32.2. The van der Waals surface area contributed by atoms with Crippen molar-refractivity contribution in [1.29, 1.82) is 0 Å². The highest BCUT2D eigenvalue weighted by molar-refractivity contribution is 7.89. The minimum atomic E-state index is -3.82. The molecule has 1 unspecified atom stereocenters. The van der Waals surface area contributed by atoms with Crippen LogP contribution in [0.3, 0.4) is 0 Å². The number of benzene rings is 1. The maximum Gasteiger partial charge on any atom is 0.322 e. The Morgan fingerprint density at radius 2 is 2.08 bits per heavy atom. The number of rotatable bonds is 3. The maximum absolute atomic E-state index is 13.1. The lowest BCUT2D eigenvalue weighted by Crippen LogP contribution is -2.56. The molecule has 128 valence electrons. The van der Waals surface area contributed by atoms with Gasteiger partial charge < -0.3 is 5.11 Å². The van der Waals surface area contributed by atoms with Gasteiger partial charge in [0.2, 0.25) is 10.0 Å². The van der Waals surface area contributed by atoms with Crippen LogP contribution in [0.5, 0.6) is 0 Å². The van der Waals surface area contributed by atoms with Crippen molar-refractivity contribution in [1.82, 2.24) is 14.2 Å². The molecule has 1 aliphatic rings. The van der Waals surface area contributed by atoms with Crippen molar-refractivity contribution in [3.63, 3.8) is 0 Å². The summed E-state index contributed by atoms with van der Waals surface area (Å²) in [5.41, 5.74) is 1.23. The van der Waals surface area contributed by atoms with Crippen LogP contribution >= 0.6 is 0 Å². The monoisotopic (exact) mass is 349 g/mol. The summed E-state index contributed by atoms with van der Waals surface area (Å²) in [4.78, 5) is 17.4. The first-order valence-electron chi connectivity index (χ1n) is 7.59. The van der Waals surface area contributed by atoms with Gasteiger partial charge in [0.25, 0.3) is 0 Å². The van der Waals surface area contributed by atoms with Gasteiger partial charge >= 0.3 is 5.97 Å². The number of carboxylic acids is 1. The molecule has 3 rings (SSSR count). The number of hydrogen-bond acceptors (Lipinski definition) is 5. The van der Waals surface area contributed by atoms with Gasteiger partial charge in [-0.15, -0.1) is 0 Å². The Morgan fingerprint density at radius 1 is 1.33 bits per heavy atom. The topological polar surface area (TPSA) is 90.8 Å². The summed E-state index contributed by atoms with van der Waals surface area (Å²) in [6.07, 6.45) is 1.56. The van der Waals surface area contributed by atoms with E-state index in [-0.39, 0.29) is 18.0 Å². The van der Waals surface area contributed by atoms with Crippen LogP contribution in [0, 0.1) is 6.92 Å². The summed E-state index contributed by atoms with van der Waals surface area (Å²) in [6, 6.07) is 6.20. The predicted molar refractivity (Wildman–Crippen MR) is 89.3 cm³/mol. The molecule has 1 aliphatic heterocycles. The Morgan fingerprint density at radius 3 is 2.79 bits per heavy atom. The second kappa shape index (κ2) is 6.12. The minimum absolute atomic E-state index is 0.0730. The molecule has 1 aromatic carbocycles. The zero-order valence-corrected chi connectivity index (χ0v) is 14.3. The lowest BCUT2D eigenvalue weighted by Gasteiger charge is -2.36. The Hall–Kier alpha value is -2.03. The number of aryl methyl sites for hydroxylation is 1. The average molecular weight is 349 g/mol. The van der Waals surface area contributed by atoms with E-state index in [0.29, 0.717) is 12.1 Å². The van der Waals surface area contributed by atoms with Crippen molar-refractivity contribution in [2.45, 2.75) is 17.9 Å². The quantitative estimate of drug-likeness (QED) is 0.887. The number of aliphatic carboxylic acids is 1. The van der Waals surface area contributed by atoms with Crippen molar-refractivity contribution in [2.24, 2.45) is 0 Å². The van der Waals surface area contributed by atoms with Crippen LogP contribution in [-0.2, 0) is 14.8 Å². The third-order valence-electron chi connectivity index (χ3n) is 4.33. The van der Waals surface area contributed by atoms with E-state index in [1.165, 1.54) is 4.31 Å².